The van der Waals surface area contributed by atoms with E-state index in [2.05, 4.69) is 20.2 Å². The fourth-order valence-electron chi connectivity index (χ4n) is 2.71. The van der Waals surface area contributed by atoms with Crippen LogP contribution in [-0.4, -0.2) is 40.4 Å². The minimum Gasteiger partial charge on any atom is -0.350 e. The van der Waals surface area contributed by atoms with Gasteiger partial charge in [0, 0.05) is 30.4 Å². The lowest BCUT2D eigenvalue weighted by molar-refractivity contribution is 0.0930. The van der Waals surface area contributed by atoms with Crippen molar-refractivity contribution in [2.45, 2.75) is 19.4 Å². The van der Waals surface area contributed by atoms with Gasteiger partial charge >= 0.3 is 0 Å². The first-order valence-electron chi connectivity index (χ1n) is 7.60. The van der Waals surface area contributed by atoms with E-state index in [9.17, 15) is 4.79 Å². The molecule has 3 rings (SSSR count). The summed E-state index contributed by atoms with van der Waals surface area (Å²) in [4.78, 5) is 23.9. The van der Waals surface area contributed by atoms with Gasteiger partial charge in [-0.15, -0.1) is 11.3 Å². The van der Waals surface area contributed by atoms with E-state index in [0.29, 0.717) is 11.6 Å². The third kappa shape index (κ3) is 4.11. The predicted octanol–water partition coefficient (Wildman–Crippen LogP) is 2.18. The maximum Gasteiger partial charge on any atom is 0.269 e. The quantitative estimate of drug-likeness (QED) is 0.918. The maximum atomic E-state index is 12.0. The van der Waals surface area contributed by atoms with Crippen LogP contribution in [0.25, 0.3) is 0 Å². The van der Waals surface area contributed by atoms with E-state index in [4.69, 9.17) is 0 Å². The molecule has 116 valence electrons. The minimum atomic E-state index is -0.0762. The molecule has 0 saturated carbocycles. The molecule has 6 heteroatoms. The molecule has 1 aliphatic rings. The number of amides is 1. The number of pyridine rings is 1. The molecule has 22 heavy (non-hydrogen) atoms. The third-order valence-electron chi connectivity index (χ3n) is 4.02. The molecule has 0 radical (unpaired) electrons. The van der Waals surface area contributed by atoms with Gasteiger partial charge in [0.2, 0.25) is 0 Å². The first-order chi connectivity index (χ1) is 10.8. The molecule has 0 unspecified atom stereocenters. The van der Waals surface area contributed by atoms with Crippen LogP contribution in [0.1, 0.15) is 28.2 Å². The van der Waals surface area contributed by atoms with E-state index in [1.54, 1.807) is 23.6 Å². The molecule has 1 amide bonds. The van der Waals surface area contributed by atoms with Crippen molar-refractivity contribution in [1.82, 2.24) is 20.2 Å². The lowest BCUT2D eigenvalue weighted by Crippen LogP contribution is -2.38. The number of carbonyl (C=O) groups excluding carboxylic acids is 1. The zero-order valence-corrected chi connectivity index (χ0v) is 13.3. The Labute approximate surface area is 134 Å². The van der Waals surface area contributed by atoms with Crippen LogP contribution < -0.4 is 5.32 Å². The lowest BCUT2D eigenvalue weighted by Gasteiger charge is -2.31. The second-order valence-electron chi connectivity index (χ2n) is 5.61. The summed E-state index contributed by atoms with van der Waals surface area (Å²) >= 11 is 1.71. The average molecular weight is 316 g/mol. The van der Waals surface area contributed by atoms with Crippen molar-refractivity contribution in [3.63, 3.8) is 0 Å². The minimum absolute atomic E-state index is 0.0762. The Morgan fingerprint density at radius 1 is 1.36 bits per heavy atom. The van der Waals surface area contributed by atoms with Crippen molar-refractivity contribution in [2.75, 3.05) is 19.6 Å². The van der Waals surface area contributed by atoms with Gasteiger partial charge in [0.25, 0.3) is 5.91 Å². The van der Waals surface area contributed by atoms with Crippen molar-refractivity contribution in [3.8, 4) is 0 Å². The largest absolute Gasteiger partial charge is 0.350 e. The molecule has 0 bridgehead atoms. The number of likely N-dealkylation sites (tertiary alicyclic amines) is 1. The topological polar surface area (TPSA) is 58.1 Å². The number of aromatic nitrogens is 2. The van der Waals surface area contributed by atoms with E-state index < -0.39 is 0 Å². The van der Waals surface area contributed by atoms with Crippen LogP contribution in [0.5, 0.6) is 0 Å². The Hall–Kier alpha value is -1.79. The summed E-state index contributed by atoms with van der Waals surface area (Å²) < 4.78 is 0. The Morgan fingerprint density at radius 3 is 2.91 bits per heavy atom. The molecule has 2 aromatic rings. The van der Waals surface area contributed by atoms with Gasteiger partial charge in [-0.25, -0.2) is 0 Å². The summed E-state index contributed by atoms with van der Waals surface area (Å²) in [6, 6.07) is 5.39. The number of rotatable bonds is 5. The van der Waals surface area contributed by atoms with E-state index >= 15 is 0 Å². The molecule has 1 aliphatic heterocycles. The van der Waals surface area contributed by atoms with Gasteiger partial charge in [-0.1, -0.05) is 6.07 Å². The highest BCUT2D eigenvalue weighted by atomic mass is 32.1. The highest BCUT2D eigenvalue weighted by Gasteiger charge is 2.20. The van der Waals surface area contributed by atoms with Crippen molar-refractivity contribution in [3.05, 3.63) is 46.7 Å². The predicted molar refractivity (Wildman–Crippen MR) is 86.7 cm³/mol. The van der Waals surface area contributed by atoms with Crippen LogP contribution in [0.4, 0.5) is 0 Å². The Morgan fingerprint density at radius 2 is 2.23 bits per heavy atom. The van der Waals surface area contributed by atoms with Crippen molar-refractivity contribution >= 4 is 17.2 Å². The van der Waals surface area contributed by atoms with Crippen LogP contribution in [-0.2, 0) is 6.54 Å². The van der Waals surface area contributed by atoms with Crippen LogP contribution in [0.15, 0.2) is 36.1 Å². The van der Waals surface area contributed by atoms with E-state index in [0.717, 1.165) is 39.0 Å². The van der Waals surface area contributed by atoms with E-state index in [1.165, 1.54) is 4.88 Å². The highest BCUT2D eigenvalue weighted by molar-refractivity contribution is 7.09. The smallest absolute Gasteiger partial charge is 0.269 e. The molecular formula is C16H20N4OS. The molecule has 2 aromatic heterocycles. The summed E-state index contributed by atoms with van der Waals surface area (Å²) in [6.07, 6.45) is 5.85. The highest BCUT2D eigenvalue weighted by Crippen LogP contribution is 2.19. The number of hydrogen-bond acceptors (Lipinski definition) is 5. The summed E-state index contributed by atoms with van der Waals surface area (Å²) in [5, 5.41) is 3.00. The van der Waals surface area contributed by atoms with Crippen molar-refractivity contribution in [1.29, 1.82) is 0 Å². The number of piperidine rings is 1. The van der Waals surface area contributed by atoms with Crippen LogP contribution in [0.2, 0.25) is 0 Å². The summed E-state index contributed by atoms with van der Waals surface area (Å²) in [6.45, 7) is 3.91. The molecule has 0 spiro atoms. The Bertz CT molecular complexity index is 579. The SMILES string of the molecule is O=C(NCC1CCN(Cc2cncs2)CC1)c1ccccn1. The summed E-state index contributed by atoms with van der Waals surface area (Å²) in [5.41, 5.74) is 2.38. The van der Waals surface area contributed by atoms with Crippen molar-refractivity contribution in [2.24, 2.45) is 5.92 Å². The van der Waals surface area contributed by atoms with Crippen molar-refractivity contribution < 1.29 is 4.79 Å². The standard InChI is InChI=1S/C16H20N4OS/c21-16(15-3-1-2-6-18-15)19-9-13-4-7-20(8-5-13)11-14-10-17-12-22-14/h1-3,6,10,12-13H,4-5,7-9,11H2,(H,19,21). The molecule has 0 aliphatic carbocycles. The molecule has 1 N–H and O–H groups in total. The fraction of sp³-hybridized carbons (Fsp3) is 0.438. The molecule has 0 atom stereocenters. The normalized spacial score (nSPS) is 16.5. The molecular weight excluding hydrogens is 296 g/mol. The molecule has 0 aromatic carbocycles. The van der Waals surface area contributed by atoms with Gasteiger partial charge < -0.3 is 5.32 Å². The second-order valence-corrected chi connectivity index (χ2v) is 6.58. The second kappa shape index (κ2) is 7.47. The Kier molecular flexibility index (Phi) is 5.13. The number of carbonyl (C=O) groups is 1. The monoisotopic (exact) mass is 316 g/mol. The number of nitrogens with zero attached hydrogens (tertiary/aromatic N) is 3. The molecule has 5 nitrogen and oxygen atoms in total. The zero-order valence-electron chi connectivity index (χ0n) is 12.4. The van der Waals surface area contributed by atoms with Gasteiger partial charge in [-0.2, -0.15) is 0 Å². The summed E-state index contributed by atoms with van der Waals surface area (Å²) in [5.74, 6) is 0.484. The zero-order chi connectivity index (χ0) is 15.2. The first-order valence-corrected chi connectivity index (χ1v) is 8.48. The van der Waals surface area contributed by atoms with E-state index in [-0.39, 0.29) is 5.91 Å². The van der Waals surface area contributed by atoms with Gasteiger partial charge in [0.15, 0.2) is 0 Å². The molecule has 1 saturated heterocycles. The number of thiazole rings is 1. The average Bonchev–Trinajstić information content (AvgIpc) is 3.08. The van der Waals surface area contributed by atoms with E-state index in [1.807, 2.05) is 23.8 Å². The van der Waals surface area contributed by atoms with Gasteiger partial charge in [-0.05, 0) is 44.0 Å². The van der Waals surface area contributed by atoms with Crippen LogP contribution in [0.3, 0.4) is 0 Å². The molecule has 1 fully saturated rings. The van der Waals surface area contributed by atoms with Gasteiger partial charge in [-0.3, -0.25) is 19.7 Å². The first kappa shape index (κ1) is 15.1. The van der Waals surface area contributed by atoms with Gasteiger partial charge in [0.1, 0.15) is 5.69 Å². The van der Waals surface area contributed by atoms with Crippen LogP contribution in [0, 0.1) is 5.92 Å². The third-order valence-corrected chi connectivity index (χ3v) is 4.78. The lowest BCUT2D eigenvalue weighted by atomic mass is 9.96. The van der Waals surface area contributed by atoms with Crippen LogP contribution >= 0.6 is 11.3 Å². The fourth-order valence-corrected chi connectivity index (χ4v) is 3.35. The summed E-state index contributed by atoms with van der Waals surface area (Å²) in [7, 11) is 0. The van der Waals surface area contributed by atoms with Gasteiger partial charge in [0.05, 0.1) is 5.51 Å². The number of nitrogens with one attached hydrogen (secondary N) is 1. The number of hydrogen-bond donors (Lipinski definition) is 1. The maximum absolute atomic E-state index is 12.0. The Balaban J connectivity index is 1.40. The molecule has 3 heterocycles.